The molecule has 0 bridgehead atoms. The van der Waals surface area contributed by atoms with Crippen LogP contribution in [-0.4, -0.2) is 24.0 Å². The normalized spacial score (nSPS) is 12.4. The van der Waals surface area contributed by atoms with Crippen molar-refractivity contribution in [2.24, 2.45) is 0 Å². The molecule has 5 heteroatoms. The molecule has 2 rings (SSSR count). The molecule has 1 N–H and O–H groups in total. The van der Waals surface area contributed by atoms with Gasteiger partial charge in [0.2, 0.25) is 0 Å². The smallest absolute Gasteiger partial charge is 0.280 e. The molecule has 0 saturated carbocycles. The number of aromatic nitrogens is 1. The quantitative estimate of drug-likeness (QED) is 0.923. The van der Waals surface area contributed by atoms with Gasteiger partial charge < -0.3 is 10.1 Å². The van der Waals surface area contributed by atoms with Crippen LogP contribution in [0.25, 0.3) is 10.2 Å². The summed E-state index contributed by atoms with van der Waals surface area (Å²) in [5, 5.41) is 3.41. The number of hydrogen-bond donors (Lipinski definition) is 1. The lowest BCUT2D eigenvalue weighted by Crippen LogP contribution is -2.31. The van der Waals surface area contributed by atoms with Crippen LogP contribution < -0.4 is 10.1 Å². The lowest BCUT2D eigenvalue weighted by atomic mass is 10.2. The fraction of sp³-hybridized carbons (Fsp3) is 0.385. The Labute approximate surface area is 110 Å². The summed E-state index contributed by atoms with van der Waals surface area (Å²) < 4.78 is 6.13. The molecule has 1 aromatic carbocycles. The lowest BCUT2D eigenvalue weighted by Gasteiger charge is -2.08. The second-order valence-electron chi connectivity index (χ2n) is 4.14. The van der Waals surface area contributed by atoms with E-state index in [0.29, 0.717) is 5.01 Å². The number of carbonyl (C=O) groups excluding carboxylic acids is 1. The van der Waals surface area contributed by atoms with Gasteiger partial charge in [-0.25, -0.2) is 4.98 Å². The number of rotatable bonds is 4. The van der Waals surface area contributed by atoms with E-state index >= 15 is 0 Å². The monoisotopic (exact) mass is 264 g/mol. The molecular formula is C13H16N2O2S. The van der Waals surface area contributed by atoms with E-state index in [2.05, 4.69) is 10.3 Å². The van der Waals surface area contributed by atoms with Crippen molar-refractivity contribution in [3.63, 3.8) is 0 Å². The van der Waals surface area contributed by atoms with Gasteiger partial charge in [-0.15, -0.1) is 11.3 Å². The number of benzene rings is 1. The first-order valence-electron chi connectivity index (χ1n) is 5.89. The molecule has 1 unspecified atom stereocenters. The molecular weight excluding hydrogens is 248 g/mol. The van der Waals surface area contributed by atoms with Crippen molar-refractivity contribution in [1.82, 2.24) is 10.3 Å². The average molecular weight is 264 g/mol. The summed E-state index contributed by atoms with van der Waals surface area (Å²) in [5.41, 5.74) is 0.800. The minimum atomic E-state index is -0.107. The Bertz CT molecular complexity index is 565. The van der Waals surface area contributed by atoms with E-state index in [-0.39, 0.29) is 11.9 Å². The third kappa shape index (κ3) is 2.61. The Morgan fingerprint density at radius 2 is 2.33 bits per heavy atom. The summed E-state index contributed by atoms with van der Waals surface area (Å²) in [6, 6.07) is 5.80. The Hall–Kier alpha value is -1.62. The standard InChI is InChI=1S/C13H16N2O2S/c1-4-8(2)14-12(16)13-15-10-7-9(17-3)5-6-11(10)18-13/h5-8H,4H2,1-3H3,(H,14,16). The van der Waals surface area contributed by atoms with Gasteiger partial charge in [0.15, 0.2) is 5.01 Å². The summed E-state index contributed by atoms with van der Waals surface area (Å²) in [6.07, 6.45) is 0.907. The van der Waals surface area contributed by atoms with Crippen LogP contribution in [-0.2, 0) is 0 Å². The summed E-state index contributed by atoms with van der Waals surface area (Å²) in [4.78, 5) is 16.3. The summed E-state index contributed by atoms with van der Waals surface area (Å²) in [6.45, 7) is 4.02. The van der Waals surface area contributed by atoms with Gasteiger partial charge in [-0.3, -0.25) is 4.79 Å². The lowest BCUT2D eigenvalue weighted by molar-refractivity contribution is 0.0939. The number of fused-ring (bicyclic) bond motifs is 1. The summed E-state index contributed by atoms with van der Waals surface area (Å²) >= 11 is 1.40. The number of hydrogen-bond acceptors (Lipinski definition) is 4. The van der Waals surface area contributed by atoms with Crippen LogP contribution in [0.15, 0.2) is 18.2 Å². The van der Waals surface area contributed by atoms with Crippen LogP contribution in [0.5, 0.6) is 5.75 Å². The topological polar surface area (TPSA) is 51.2 Å². The molecule has 1 aromatic heterocycles. The van der Waals surface area contributed by atoms with Crippen LogP contribution in [0.4, 0.5) is 0 Å². The van der Waals surface area contributed by atoms with E-state index in [1.807, 2.05) is 32.0 Å². The van der Waals surface area contributed by atoms with Gasteiger partial charge in [0.25, 0.3) is 5.91 Å². The fourth-order valence-corrected chi connectivity index (χ4v) is 2.37. The maximum atomic E-state index is 11.9. The third-order valence-corrected chi connectivity index (χ3v) is 3.81. The summed E-state index contributed by atoms with van der Waals surface area (Å²) in [7, 11) is 1.62. The van der Waals surface area contributed by atoms with Crippen molar-refractivity contribution in [3.8, 4) is 5.75 Å². The molecule has 0 spiro atoms. The van der Waals surface area contributed by atoms with E-state index in [9.17, 15) is 4.79 Å². The van der Waals surface area contributed by atoms with Crippen molar-refractivity contribution in [3.05, 3.63) is 23.2 Å². The maximum absolute atomic E-state index is 11.9. The van der Waals surface area contributed by atoms with Gasteiger partial charge in [-0.1, -0.05) is 6.92 Å². The highest BCUT2D eigenvalue weighted by Gasteiger charge is 2.14. The molecule has 2 aromatic rings. The molecule has 0 saturated heterocycles. The zero-order valence-electron chi connectivity index (χ0n) is 10.7. The van der Waals surface area contributed by atoms with E-state index in [4.69, 9.17) is 4.74 Å². The van der Waals surface area contributed by atoms with E-state index in [1.165, 1.54) is 11.3 Å². The second kappa shape index (κ2) is 5.35. The molecule has 0 aliphatic carbocycles. The van der Waals surface area contributed by atoms with Crippen molar-refractivity contribution in [1.29, 1.82) is 0 Å². The molecule has 0 aliphatic rings. The first-order chi connectivity index (χ1) is 8.63. The van der Waals surface area contributed by atoms with Gasteiger partial charge in [0.1, 0.15) is 5.75 Å². The number of ether oxygens (including phenoxy) is 1. The minimum Gasteiger partial charge on any atom is -0.497 e. The SMILES string of the molecule is CCC(C)NC(=O)c1nc2cc(OC)ccc2s1. The highest BCUT2D eigenvalue weighted by Crippen LogP contribution is 2.25. The van der Waals surface area contributed by atoms with Crippen LogP contribution in [0.3, 0.4) is 0 Å². The molecule has 96 valence electrons. The number of amides is 1. The van der Waals surface area contributed by atoms with Gasteiger partial charge in [-0.2, -0.15) is 0 Å². The molecule has 0 radical (unpaired) electrons. The fourth-order valence-electron chi connectivity index (χ4n) is 1.52. The number of methoxy groups -OCH3 is 1. The average Bonchev–Trinajstić information content (AvgIpc) is 2.81. The van der Waals surface area contributed by atoms with Crippen LogP contribution >= 0.6 is 11.3 Å². The van der Waals surface area contributed by atoms with Crippen molar-refractivity contribution >= 4 is 27.5 Å². The zero-order chi connectivity index (χ0) is 13.1. The minimum absolute atomic E-state index is 0.107. The zero-order valence-corrected chi connectivity index (χ0v) is 11.5. The van der Waals surface area contributed by atoms with Gasteiger partial charge >= 0.3 is 0 Å². The van der Waals surface area contributed by atoms with Crippen LogP contribution in [0.1, 0.15) is 30.1 Å². The highest BCUT2D eigenvalue weighted by atomic mass is 32.1. The van der Waals surface area contributed by atoms with E-state index < -0.39 is 0 Å². The van der Waals surface area contributed by atoms with Crippen molar-refractivity contribution in [2.75, 3.05) is 7.11 Å². The molecule has 1 heterocycles. The Kier molecular flexibility index (Phi) is 3.81. The summed E-state index contributed by atoms with van der Waals surface area (Å²) in [5.74, 6) is 0.645. The van der Waals surface area contributed by atoms with Crippen LogP contribution in [0, 0.1) is 0 Å². The Morgan fingerprint density at radius 1 is 1.56 bits per heavy atom. The number of nitrogens with zero attached hydrogens (tertiary/aromatic N) is 1. The molecule has 0 aliphatic heterocycles. The van der Waals surface area contributed by atoms with E-state index in [0.717, 1.165) is 22.4 Å². The first-order valence-corrected chi connectivity index (χ1v) is 6.71. The van der Waals surface area contributed by atoms with Gasteiger partial charge in [-0.05, 0) is 25.5 Å². The van der Waals surface area contributed by atoms with Crippen LogP contribution in [0.2, 0.25) is 0 Å². The highest BCUT2D eigenvalue weighted by molar-refractivity contribution is 7.20. The molecule has 1 amide bonds. The molecule has 1 atom stereocenters. The Balaban J connectivity index is 2.26. The molecule has 0 fully saturated rings. The van der Waals surface area contributed by atoms with Crippen molar-refractivity contribution < 1.29 is 9.53 Å². The molecule has 18 heavy (non-hydrogen) atoms. The maximum Gasteiger partial charge on any atom is 0.280 e. The molecule has 4 nitrogen and oxygen atoms in total. The number of thiazole rings is 1. The Morgan fingerprint density at radius 3 is 3.00 bits per heavy atom. The van der Waals surface area contributed by atoms with E-state index in [1.54, 1.807) is 7.11 Å². The number of nitrogens with one attached hydrogen (secondary N) is 1. The van der Waals surface area contributed by atoms with Crippen molar-refractivity contribution in [2.45, 2.75) is 26.3 Å². The largest absolute Gasteiger partial charge is 0.497 e. The predicted octanol–water partition coefficient (Wildman–Crippen LogP) is 2.83. The number of carbonyl (C=O) groups is 1. The second-order valence-corrected chi connectivity index (χ2v) is 5.17. The first kappa shape index (κ1) is 12.8. The van der Waals surface area contributed by atoms with Gasteiger partial charge in [0.05, 0.1) is 17.3 Å². The predicted molar refractivity (Wildman–Crippen MR) is 73.4 cm³/mol. The third-order valence-electron chi connectivity index (χ3n) is 2.78. The van der Waals surface area contributed by atoms with Gasteiger partial charge in [0, 0.05) is 12.1 Å².